The molecule has 0 bridgehead atoms. The molecule has 8 heteroatoms. The van der Waals surface area contributed by atoms with Crippen molar-refractivity contribution in [1.29, 1.82) is 0 Å². The SMILES string of the molecule is C=C(c1c(F)ccc(Br)c1F)N1CCn2ncc(-c3[nH]nc(C)c3[C@H](C)CC)c21. The van der Waals surface area contributed by atoms with Crippen molar-refractivity contribution in [3.8, 4) is 11.3 Å². The van der Waals surface area contributed by atoms with E-state index >= 15 is 0 Å². The molecule has 0 radical (unpaired) electrons. The van der Waals surface area contributed by atoms with Gasteiger partial charge in [-0.1, -0.05) is 20.4 Å². The smallest absolute Gasteiger partial charge is 0.149 e. The number of nitrogens with zero attached hydrogens (tertiary/aromatic N) is 4. The van der Waals surface area contributed by atoms with Gasteiger partial charge in [-0.25, -0.2) is 13.5 Å². The molecule has 3 aromatic rings. The first kappa shape index (κ1) is 19.8. The Balaban J connectivity index is 1.82. The lowest BCUT2D eigenvalue weighted by Crippen LogP contribution is -2.20. The fourth-order valence-corrected chi connectivity index (χ4v) is 4.28. The highest BCUT2D eigenvalue weighted by molar-refractivity contribution is 9.10. The molecule has 0 aliphatic carbocycles. The van der Waals surface area contributed by atoms with Gasteiger partial charge in [0.15, 0.2) is 0 Å². The first-order chi connectivity index (χ1) is 13.8. The molecule has 0 amide bonds. The molecule has 2 aromatic heterocycles. The van der Waals surface area contributed by atoms with Crippen LogP contribution in [0.4, 0.5) is 14.6 Å². The molecular formula is C21H22BrF2N5. The number of fused-ring (bicyclic) bond motifs is 1. The van der Waals surface area contributed by atoms with E-state index < -0.39 is 11.6 Å². The van der Waals surface area contributed by atoms with E-state index in [0.717, 1.165) is 34.8 Å². The summed E-state index contributed by atoms with van der Waals surface area (Å²) in [5.41, 5.74) is 3.97. The van der Waals surface area contributed by atoms with Crippen LogP contribution in [0.25, 0.3) is 17.0 Å². The van der Waals surface area contributed by atoms with Gasteiger partial charge in [-0.2, -0.15) is 10.2 Å². The van der Waals surface area contributed by atoms with Crippen molar-refractivity contribution in [3.05, 3.63) is 57.8 Å². The second-order valence-corrected chi connectivity index (χ2v) is 8.18. The number of benzene rings is 1. The molecule has 5 nitrogen and oxygen atoms in total. The first-order valence-electron chi connectivity index (χ1n) is 9.56. The zero-order valence-electron chi connectivity index (χ0n) is 16.6. The van der Waals surface area contributed by atoms with Crippen LogP contribution in [0.15, 0.2) is 29.4 Å². The number of aryl methyl sites for hydroxylation is 1. The Bertz CT molecular complexity index is 1100. The summed E-state index contributed by atoms with van der Waals surface area (Å²) in [6, 6.07) is 2.59. The van der Waals surface area contributed by atoms with Crippen LogP contribution < -0.4 is 4.90 Å². The Morgan fingerprint density at radius 2 is 2.10 bits per heavy atom. The maximum Gasteiger partial charge on any atom is 0.149 e. The molecule has 0 fully saturated rings. The molecule has 0 saturated heterocycles. The van der Waals surface area contributed by atoms with E-state index in [1.54, 1.807) is 6.20 Å². The zero-order chi connectivity index (χ0) is 20.9. The summed E-state index contributed by atoms with van der Waals surface area (Å²) in [5.74, 6) is -0.223. The highest BCUT2D eigenvalue weighted by Crippen LogP contribution is 2.42. The third-order valence-corrected chi connectivity index (χ3v) is 6.24. The number of nitrogens with one attached hydrogen (secondary N) is 1. The normalized spacial score (nSPS) is 14.3. The average molecular weight is 462 g/mol. The van der Waals surface area contributed by atoms with Crippen molar-refractivity contribution >= 4 is 27.4 Å². The van der Waals surface area contributed by atoms with Crippen LogP contribution in [0, 0.1) is 18.6 Å². The first-order valence-corrected chi connectivity index (χ1v) is 10.4. The summed E-state index contributed by atoms with van der Waals surface area (Å²) in [5, 5.41) is 12.0. The molecule has 1 atom stereocenters. The van der Waals surface area contributed by atoms with E-state index in [4.69, 9.17) is 0 Å². The predicted molar refractivity (Wildman–Crippen MR) is 114 cm³/mol. The van der Waals surface area contributed by atoms with E-state index in [2.05, 4.69) is 51.7 Å². The van der Waals surface area contributed by atoms with Crippen molar-refractivity contribution in [2.75, 3.05) is 11.4 Å². The van der Waals surface area contributed by atoms with Crippen molar-refractivity contribution < 1.29 is 8.78 Å². The predicted octanol–water partition coefficient (Wildman–Crippen LogP) is 5.63. The van der Waals surface area contributed by atoms with E-state index in [1.807, 2.05) is 16.5 Å². The number of halogens is 3. The summed E-state index contributed by atoms with van der Waals surface area (Å²) >= 11 is 3.14. The number of aromatic nitrogens is 4. The van der Waals surface area contributed by atoms with Gasteiger partial charge in [0.05, 0.1) is 39.7 Å². The van der Waals surface area contributed by atoms with Gasteiger partial charge >= 0.3 is 0 Å². The molecule has 0 saturated carbocycles. The van der Waals surface area contributed by atoms with Crippen LogP contribution in [0.5, 0.6) is 0 Å². The van der Waals surface area contributed by atoms with Crippen molar-refractivity contribution in [2.45, 2.75) is 39.7 Å². The number of H-pyrrole nitrogens is 1. The van der Waals surface area contributed by atoms with Gasteiger partial charge in [0.25, 0.3) is 0 Å². The van der Waals surface area contributed by atoms with Crippen LogP contribution in [0.3, 0.4) is 0 Å². The average Bonchev–Trinajstić information content (AvgIpc) is 3.39. The third kappa shape index (κ3) is 3.10. The molecule has 29 heavy (non-hydrogen) atoms. The van der Waals surface area contributed by atoms with Gasteiger partial charge in [-0.05, 0) is 47.3 Å². The molecule has 4 rings (SSSR count). The summed E-state index contributed by atoms with van der Waals surface area (Å²) < 4.78 is 31.2. The topological polar surface area (TPSA) is 49.7 Å². The summed E-state index contributed by atoms with van der Waals surface area (Å²) in [6.45, 7) is 11.4. The van der Waals surface area contributed by atoms with Crippen LogP contribution in [-0.2, 0) is 6.54 Å². The van der Waals surface area contributed by atoms with Gasteiger partial charge < -0.3 is 4.90 Å². The van der Waals surface area contributed by atoms with Gasteiger partial charge in [0.2, 0.25) is 0 Å². The summed E-state index contributed by atoms with van der Waals surface area (Å²) in [4.78, 5) is 1.83. The maximum atomic E-state index is 14.7. The zero-order valence-corrected chi connectivity index (χ0v) is 18.1. The minimum absolute atomic E-state index is 0.136. The fraction of sp³-hybridized carbons (Fsp3) is 0.333. The molecule has 3 heterocycles. The Morgan fingerprint density at radius 1 is 1.34 bits per heavy atom. The lowest BCUT2D eigenvalue weighted by molar-refractivity contribution is 0.571. The highest BCUT2D eigenvalue weighted by Gasteiger charge is 2.32. The summed E-state index contributed by atoms with van der Waals surface area (Å²) in [7, 11) is 0. The Morgan fingerprint density at radius 3 is 2.83 bits per heavy atom. The molecule has 1 aliphatic heterocycles. The summed E-state index contributed by atoms with van der Waals surface area (Å²) in [6.07, 6.45) is 2.75. The number of rotatable bonds is 5. The minimum atomic E-state index is -0.660. The lowest BCUT2D eigenvalue weighted by atomic mass is 9.94. The molecule has 152 valence electrons. The second kappa shape index (κ2) is 7.40. The van der Waals surface area contributed by atoms with Crippen molar-refractivity contribution in [2.24, 2.45) is 0 Å². The number of hydrogen-bond acceptors (Lipinski definition) is 3. The van der Waals surface area contributed by atoms with E-state index in [-0.39, 0.29) is 15.7 Å². The highest BCUT2D eigenvalue weighted by atomic mass is 79.9. The molecule has 1 aliphatic rings. The second-order valence-electron chi connectivity index (χ2n) is 7.33. The Hall–Kier alpha value is -2.48. The monoisotopic (exact) mass is 461 g/mol. The van der Waals surface area contributed by atoms with Crippen molar-refractivity contribution in [1.82, 2.24) is 20.0 Å². The minimum Gasteiger partial charge on any atom is -0.324 e. The number of anilines is 1. The number of hydrogen-bond donors (Lipinski definition) is 1. The van der Waals surface area contributed by atoms with E-state index in [0.29, 0.717) is 19.0 Å². The fourth-order valence-electron chi connectivity index (χ4n) is 3.95. The standard InChI is InChI=1S/C21H22BrF2N5/c1-5-11(2)17-12(3)26-27-20(17)14-10-25-29-9-8-28(21(14)29)13(4)18-16(23)7-6-15(22)19(18)24/h6-7,10-11H,4-5,8-9H2,1-3H3,(H,26,27)/t11-/m1/s1. The maximum absolute atomic E-state index is 14.7. The third-order valence-electron chi connectivity index (χ3n) is 5.63. The molecular weight excluding hydrogens is 440 g/mol. The van der Waals surface area contributed by atoms with Gasteiger partial charge in [0, 0.05) is 17.8 Å². The molecule has 1 N–H and O–H groups in total. The van der Waals surface area contributed by atoms with Gasteiger partial charge in [-0.15, -0.1) is 0 Å². The van der Waals surface area contributed by atoms with Crippen LogP contribution in [-0.4, -0.2) is 26.5 Å². The Labute approximate surface area is 176 Å². The van der Waals surface area contributed by atoms with E-state index in [1.165, 1.54) is 12.1 Å². The molecule has 1 aromatic carbocycles. The van der Waals surface area contributed by atoms with Gasteiger partial charge in [-0.3, -0.25) is 5.10 Å². The van der Waals surface area contributed by atoms with Crippen LogP contribution in [0.2, 0.25) is 0 Å². The quantitative estimate of drug-likeness (QED) is 0.501. The van der Waals surface area contributed by atoms with Gasteiger partial charge in [0.1, 0.15) is 17.5 Å². The van der Waals surface area contributed by atoms with Crippen LogP contribution in [0.1, 0.15) is 43.0 Å². The molecule has 0 unspecified atom stereocenters. The Kier molecular flexibility index (Phi) is 5.06. The molecule has 0 spiro atoms. The van der Waals surface area contributed by atoms with E-state index in [9.17, 15) is 8.78 Å². The largest absolute Gasteiger partial charge is 0.324 e. The van der Waals surface area contributed by atoms with Crippen molar-refractivity contribution in [3.63, 3.8) is 0 Å². The van der Waals surface area contributed by atoms with Crippen LogP contribution >= 0.6 is 15.9 Å². The number of aromatic amines is 1. The lowest BCUT2D eigenvalue weighted by Gasteiger charge is -2.23.